The molecule has 0 aliphatic carbocycles. The largest absolute Gasteiger partial charge is 0.306 e. The van der Waals surface area contributed by atoms with E-state index in [0.717, 1.165) is 0 Å². The van der Waals surface area contributed by atoms with Crippen LogP contribution in [0.3, 0.4) is 0 Å². The summed E-state index contributed by atoms with van der Waals surface area (Å²) in [6, 6.07) is 8.60. The molecule has 23 heavy (non-hydrogen) atoms. The molecule has 0 bridgehead atoms. The van der Waals surface area contributed by atoms with Crippen LogP contribution in [0.2, 0.25) is 0 Å². The fourth-order valence-corrected chi connectivity index (χ4v) is 1.87. The van der Waals surface area contributed by atoms with Crippen molar-refractivity contribution >= 4 is 17.4 Å². The minimum atomic E-state index is -0.525. The Hall–Kier alpha value is -3.62. The molecule has 0 saturated carbocycles. The van der Waals surface area contributed by atoms with Crippen LogP contribution in [0.5, 0.6) is 0 Å². The lowest BCUT2D eigenvalue weighted by molar-refractivity contribution is -0.384. The lowest BCUT2D eigenvalue weighted by Gasteiger charge is -2.06. The highest BCUT2D eigenvalue weighted by Crippen LogP contribution is 2.14. The predicted molar refractivity (Wildman–Crippen MR) is 80.2 cm³/mol. The van der Waals surface area contributed by atoms with Crippen molar-refractivity contribution in [3.63, 3.8) is 0 Å². The summed E-state index contributed by atoms with van der Waals surface area (Å²) < 4.78 is 1.53. The van der Waals surface area contributed by atoms with Crippen molar-refractivity contribution < 1.29 is 9.72 Å². The molecule has 0 radical (unpaired) electrons. The number of amides is 1. The number of nitro benzene ring substituents is 1. The van der Waals surface area contributed by atoms with E-state index in [1.54, 1.807) is 24.5 Å². The number of nitrogens with zero attached hydrogens (tertiary/aromatic N) is 5. The standard InChI is InChI=1S/C14H10N6O3/c21-14(10-2-4-11(5-3-10)20(22)23)18-12-8-13(16-9-15-12)19-7-1-6-17-19/h1-9H,(H,15,16,18,21). The van der Waals surface area contributed by atoms with Gasteiger partial charge in [0.2, 0.25) is 0 Å². The van der Waals surface area contributed by atoms with Crippen molar-refractivity contribution in [1.29, 1.82) is 0 Å². The van der Waals surface area contributed by atoms with Gasteiger partial charge in [-0.1, -0.05) is 0 Å². The highest BCUT2D eigenvalue weighted by Gasteiger charge is 2.11. The van der Waals surface area contributed by atoms with Crippen LogP contribution in [0.15, 0.2) is 55.1 Å². The van der Waals surface area contributed by atoms with Crippen molar-refractivity contribution in [3.8, 4) is 5.82 Å². The van der Waals surface area contributed by atoms with E-state index in [0.29, 0.717) is 11.6 Å². The average Bonchev–Trinajstić information content (AvgIpc) is 3.10. The highest BCUT2D eigenvalue weighted by molar-refractivity contribution is 6.03. The van der Waals surface area contributed by atoms with Crippen LogP contribution in [0.4, 0.5) is 11.5 Å². The van der Waals surface area contributed by atoms with Crippen molar-refractivity contribution in [2.24, 2.45) is 0 Å². The van der Waals surface area contributed by atoms with Gasteiger partial charge in [-0.2, -0.15) is 5.10 Å². The number of non-ortho nitro benzene ring substituents is 1. The van der Waals surface area contributed by atoms with Crippen LogP contribution in [-0.2, 0) is 0 Å². The number of benzene rings is 1. The summed E-state index contributed by atoms with van der Waals surface area (Å²) in [5.74, 6) is 0.378. The molecule has 3 rings (SSSR count). The predicted octanol–water partition coefficient (Wildman–Crippen LogP) is 1.82. The molecule has 0 saturated heterocycles. The number of nitrogens with one attached hydrogen (secondary N) is 1. The monoisotopic (exact) mass is 310 g/mol. The zero-order chi connectivity index (χ0) is 16.2. The van der Waals surface area contributed by atoms with Crippen molar-refractivity contribution in [2.45, 2.75) is 0 Å². The second-order valence-electron chi connectivity index (χ2n) is 4.47. The number of aromatic nitrogens is 4. The molecule has 0 unspecified atom stereocenters. The van der Waals surface area contributed by atoms with Gasteiger partial charge < -0.3 is 5.32 Å². The molecule has 9 heteroatoms. The summed E-state index contributed by atoms with van der Waals surface area (Å²) in [5, 5.41) is 17.3. The Labute approximate surface area is 129 Å². The van der Waals surface area contributed by atoms with Gasteiger partial charge in [0.05, 0.1) is 4.92 Å². The van der Waals surface area contributed by atoms with Crippen molar-refractivity contribution in [2.75, 3.05) is 5.32 Å². The first-order valence-electron chi connectivity index (χ1n) is 6.51. The smallest absolute Gasteiger partial charge is 0.269 e. The molecule has 0 spiro atoms. The molecule has 0 aliphatic heterocycles. The normalized spacial score (nSPS) is 10.3. The maximum atomic E-state index is 12.1. The summed E-state index contributed by atoms with van der Waals surface area (Å²) in [6.45, 7) is 0. The molecule has 2 heterocycles. The molecule has 2 aromatic heterocycles. The molecule has 1 N–H and O–H groups in total. The maximum absolute atomic E-state index is 12.1. The molecule has 3 aromatic rings. The van der Waals surface area contributed by atoms with E-state index in [9.17, 15) is 14.9 Å². The third kappa shape index (κ3) is 3.18. The minimum absolute atomic E-state index is 0.0791. The molecular weight excluding hydrogens is 300 g/mol. The highest BCUT2D eigenvalue weighted by atomic mass is 16.6. The van der Waals surface area contributed by atoms with Crippen molar-refractivity contribution in [3.05, 3.63) is 70.8 Å². The first-order valence-corrected chi connectivity index (χ1v) is 6.51. The van der Waals surface area contributed by atoms with Gasteiger partial charge in [-0.15, -0.1) is 0 Å². The molecule has 0 atom stereocenters. The van der Waals surface area contributed by atoms with Gasteiger partial charge in [-0.05, 0) is 18.2 Å². The Kier molecular flexibility index (Phi) is 3.75. The third-order valence-electron chi connectivity index (χ3n) is 2.97. The van der Waals surface area contributed by atoms with Gasteiger partial charge in [0, 0.05) is 36.2 Å². The molecule has 9 nitrogen and oxygen atoms in total. The summed E-state index contributed by atoms with van der Waals surface area (Å²) in [7, 11) is 0. The topological polar surface area (TPSA) is 116 Å². The van der Waals surface area contributed by atoms with E-state index >= 15 is 0 Å². The van der Waals surface area contributed by atoms with Crippen LogP contribution in [-0.4, -0.2) is 30.6 Å². The third-order valence-corrected chi connectivity index (χ3v) is 2.97. The van der Waals surface area contributed by atoms with Crippen LogP contribution in [0.1, 0.15) is 10.4 Å². The summed E-state index contributed by atoms with van der Waals surface area (Å²) in [5.41, 5.74) is 0.208. The van der Waals surface area contributed by atoms with Crippen molar-refractivity contribution in [1.82, 2.24) is 19.7 Å². The van der Waals surface area contributed by atoms with Gasteiger partial charge in [0.1, 0.15) is 12.1 Å². The fraction of sp³-hybridized carbons (Fsp3) is 0. The van der Waals surface area contributed by atoms with Crippen LogP contribution in [0.25, 0.3) is 5.82 Å². The number of anilines is 1. The zero-order valence-corrected chi connectivity index (χ0v) is 11.7. The minimum Gasteiger partial charge on any atom is -0.306 e. The number of hydrogen-bond acceptors (Lipinski definition) is 6. The van der Waals surface area contributed by atoms with E-state index < -0.39 is 10.8 Å². The first kappa shape index (κ1) is 14.3. The number of rotatable bonds is 4. The second-order valence-corrected chi connectivity index (χ2v) is 4.47. The quantitative estimate of drug-likeness (QED) is 0.580. The van der Waals surface area contributed by atoms with Gasteiger partial charge in [0.25, 0.3) is 11.6 Å². The number of hydrogen-bond donors (Lipinski definition) is 1. The number of nitro groups is 1. The molecule has 114 valence electrons. The first-order chi connectivity index (χ1) is 11.1. The molecule has 0 fully saturated rings. The Bertz CT molecular complexity index is 845. The van der Waals surface area contributed by atoms with E-state index in [1.807, 2.05) is 0 Å². The molecule has 0 aliphatic rings. The summed E-state index contributed by atoms with van der Waals surface area (Å²) in [6.07, 6.45) is 4.63. The van der Waals surface area contributed by atoms with Gasteiger partial charge in [-0.3, -0.25) is 14.9 Å². The maximum Gasteiger partial charge on any atom is 0.269 e. The number of carbonyl (C=O) groups excluding carboxylic acids is 1. The van der Waals surface area contributed by atoms with E-state index in [4.69, 9.17) is 0 Å². The fourth-order valence-electron chi connectivity index (χ4n) is 1.87. The molecule has 1 aromatic carbocycles. The lowest BCUT2D eigenvalue weighted by Crippen LogP contribution is -2.13. The zero-order valence-electron chi connectivity index (χ0n) is 11.7. The Morgan fingerprint density at radius 3 is 2.65 bits per heavy atom. The Balaban J connectivity index is 1.77. The van der Waals surface area contributed by atoms with E-state index in [1.165, 1.54) is 35.3 Å². The van der Waals surface area contributed by atoms with Crippen LogP contribution >= 0.6 is 0 Å². The van der Waals surface area contributed by atoms with Gasteiger partial charge in [0.15, 0.2) is 5.82 Å². The summed E-state index contributed by atoms with van der Waals surface area (Å²) in [4.78, 5) is 30.2. The second kappa shape index (κ2) is 6.02. The molecule has 1 amide bonds. The average molecular weight is 310 g/mol. The van der Waals surface area contributed by atoms with E-state index in [-0.39, 0.29) is 11.3 Å². The Morgan fingerprint density at radius 1 is 1.22 bits per heavy atom. The summed E-state index contributed by atoms with van der Waals surface area (Å²) >= 11 is 0. The van der Waals surface area contributed by atoms with Crippen LogP contribution in [0, 0.1) is 10.1 Å². The van der Waals surface area contributed by atoms with E-state index in [2.05, 4.69) is 20.4 Å². The van der Waals surface area contributed by atoms with Crippen LogP contribution < -0.4 is 5.32 Å². The Morgan fingerprint density at radius 2 is 2.00 bits per heavy atom. The van der Waals surface area contributed by atoms with Gasteiger partial charge >= 0.3 is 0 Å². The number of carbonyl (C=O) groups is 1. The SMILES string of the molecule is O=C(Nc1cc(-n2cccn2)ncn1)c1ccc([N+](=O)[O-])cc1. The van der Waals surface area contributed by atoms with Gasteiger partial charge in [-0.25, -0.2) is 14.6 Å². The lowest BCUT2D eigenvalue weighted by atomic mass is 10.2. The molecular formula is C14H10N6O3.